The van der Waals surface area contributed by atoms with Crippen LogP contribution in [0.3, 0.4) is 0 Å². The minimum Gasteiger partial charge on any atom is -0.447 e. The van der Waals surface area contributed by atoms with Crippen LogP contribution in [0.15, 0.2) is 72.8 Å². The molecule has 1 atom stereocenters. The third-order valence-electron chi connectivity index (χ3n) is 4.47. The predicted molar refractivity (Wildman–Crippen MR) is 106 cm³/mol. The van der Waals surface area contributed by atoms with Crippen molar-refractivity contribution in [1.82, 2.24) is 0 Å². The smallest absolute Gasteiger partial charge is 0.416 e. The Balaban J connectivity index is 2.22. The number of nitrogens with two attached hydrogens (primary N) is 1. The number of alkyl halides is 3. The zero-order chi connectivity index (χ0) is 21.9. The molecule has 0 bridgehead atoms. The number of hydrogen-bond donors (Lipinski definition) is 1. The van der Waals surface area contributed by atoms with Crippen LogP contribution in [-0.4, -0.2) is 11.9 Å². The molecule has 4 nitrogen and oxygen atoms in total. The van der Waals surface area contributed by atoms with Gasteiger partial charge in [-0.15, -0.1) is 0 Å². The Morgan fingerprint density at radius 1 is 0.867 bits per heavy atom. The number of benzene rings is 3. The van der Waals surface area contributed by atoms with E-state index in [1.165, 1.54) is 12.1 Å². The van der Waals surface area contributed by atoms with Crippen molar-refractivity contribution in [1.29, 1.82) is 0 Å². The molecular weight excluding hydrogens is 395 g/mol. The molecule has 0 spiro atoms. The second-order valence-corrected chi connectivity index (χ2v) is 6.64. The highest BCUT2D eigenvalue weighted by Gasteiger charge is 2.31. The summed E-state index contributed by atoms with van der Waals surface area (Å²) in [7, 11) is 0. The zero-order valence-corrected chi connectivity index (χ0v) is 15.9. The van der Waals surface area contributed by atoms with Gasteiger partial charge in [-0.1, -0.05) is 54.6 Å². The van der Waals surface area contributed by atoms with Crippen LogP contribution in [0.4, 0.5) is 13.2 Å². The second kappa shape index (κ2) is 8.41. The molecule has 0 fully saturated rings. The molecule has 0 heterocycles. The first-order chi connectivity index (χ1) is 14.2. The van der Waals surface area contributed by atoms with E-state index in [1.807, 2.05) is 30.3 Å². The maximum Gasteiger partial charge on any atom is 0.416 e. The van der Waals surface area contributed by atoms with Gasteiger partial charge >= 0.3 is 12.1 Å². The van der Waals surface area contributed by atoms with E-state index in [9.17, 15) is 22.8 Å². The first-order valence-electron chi connectivity index (χ1n) is 9.00. The SMILES string of the molecule is CC(=O)OC(C(N)=O)c1ccc(-c2ccccc2)c(-c2cccc(C(F)(F)F)c2)c1. The number of rotatable bonds is 5. The van der Waals surface area contributed by atoms with Crippen molar-refractivity contribution in [2.45, 2.75) is 19.2 Å². The van der Waals surface area contributed by atoms with Crippen LogP contribution in [0.25, 0.3) is 22.3 Å². The summed E-state index contributed by atoms with van der Waals surface area (Å²) in [6.45, 7) is 1.14. The van der Waals surface area contributed by atoms with Crippen molar-refractivity contribution in [3.8, 4) is 22.3 Å². The lowest BCUT2D eigenvalue weighted by Gasteiger charge is -2.18. The summed E-state index contributed by atoms with van der Waals surface area (Å²) in [4.78, 5) is 23.2. The molecule has 154 valence electrons. The van der Waals surface area contributed by atoms with E-state index in [0.717, 1.165) is 24.6 Å². The molecule has 3 rings (SSSR count). The molecule has 0 aliphatic carbocycles. The second-order valence-electron chi connectivity index (χ2n) is 6.64. The lowest BCUT2D eigenvalue weighted by Crippen LogP contribution is -2.25. The Hall–Kier alpha value is -3.61. The molecule has 0 saturated carbocycles. The fourth-order valence-corrected chi connectivity index (χ4v) is 3.15. The normalized spacial score (nSPS) is 12.3. The predicted octanol–water partition coefficient (Wildman–Crippen LogP) is 5.13. The summed E-state index contributed by atoms with van der Waals surface area (Å²) in [6.07, 6.45) is -5.86. The van der Waals surface area contributed by atoms with Gasteiger partial charge in [0.2, 0.25) is 6.10 Å². The Morgan fingerprint density at radius 2 is 1.53 bits per heavy atom. The summed E-state index contributed by atoms with van der Waals surface area (Å²) in [6, 6.07) is 18.7. The highest BCUT2D eigenvalue weighted by atomic mass is 19.4. The van der Waals surface area contributed by atoms with E-state index in [2.05, 4.69) is 0 Å². The number of carbonyl (C=O) groups is 2. The number of hydrogen-bond acceptors (Lipinski definition) is 3. The number of amides is 1. The number of primary amides is 1. The van der Waals surface area contributed by atoms with Crippen LogP contribution < -0.4 is 5.73 Å². The molecule has 0 aliphatic heterocycles. The van der Waals surface area contributed by atoms with Crippen molar-refractivity contribution in [3.63, 3.8) is 0 Å². The van der Waals surface area contributed by atoms with E-state index < -0.39 is 29.7 Å². The van der Waals surface area contributed by atoms with Gasteiger partial charge in [-0.3, -0.25) is 9.59 Å². The van der Waals surface area contributed by atoms with Crippen molar-refractivity contribution in [2.75, 3.05) is 0 Å². The summed E-state index contributed by atoms with van der Waals surface area (Å²) in [5.74, 6) is -1.58. The Labute approximate surface area is 171 Å². The van der Waals surface area contributed by atoms with Crippen LogP contribution in [0.1, 0.15) is 24.2 Å². The third kappa shape index (κ3) is 4.68. The first-order valence-corrected chi connectivity index (χ1v) is 9.00. The minimum atomic E-state index is -4.51. The van der Waals surface area contributed by atoms with Crippen molar-refractivity contribution < 1.29 is 27.5 Å². The van der Waals surface area contributed by atoms with Crippen LogP contribution in [0.2, 0.25) is 0 Å². The third-order valence-corrected chi connectivity index (χ3v) is 4.47. The van der Waals surface area contributed by atoms with Gasteiger partial charge in [0.25, 0.3) is 5.91 Å². The maximum absolute atomic E-state index is 13.2. The molecule has 0 aromatic heterocycles. The molecule has 1 amide bonds. The van der Waals surface area contributed by atoms with Gasteiger partial charge in [-0.2, -0.15) is 13.2 Å². The number of ether oxygens (including phenoxy) is 1. The largest absolute Gasteiger partial charge is 0.447 e. The maximum atomic E-state index is 13.2. The van der Waals surface area contributed by atoms with Gasteiger partial charge < -0.3 is 10.5 Å². The topological polar surface area (TPSA) is 69.4 Å². The molecule has 0 radical (unpaired) electrons. The molecule has 7 heteroatoms. The Morgan fingerprint density at radius 3 is 2.13 bits per heavy atom. The van der Waals surface area contributed by atoms with Gasteiger partial charge in [0.15, 0.2) is 0 Å². The molecule has 0 aliphatic rings. The standard InChI is InChI=1S/C23H18F3NO3/c1-14(28)30-21(22(27)29)17-10-11-19(15-6-3-2-4-7-15)20(13-17)16-8-5-9-18(12-16)23(24,25)26/h2-13,21H,1H3,(H2,27,29). The van der Waals surface area contributed by atoms with Gasteiger partial charge in [0.05, 0.1) is 5.56 Å². The molecule has 30 heavy (non-hydrogen) atoms. The van der Waals surface area contributed by atoms with E-state index in [0.29, 0.717) is 16.7 Å². The van der Waals surface area contributed by atoms with Gasteiger partial charge in [0.1, 0.15) is 0 Å². The molecule has 3 aromatic carbocycles. The Bertz CT molecular complexity index is 1080. The fourth-order valence-electron chi connectivity index (χ4n) is 3.15. The van der Waals surface area contributed by atoms with Crippen molar-refractivity contribution in [2.24, 2.45) is 5.73 Å². The van der Waals surface area contributed by atoms with E-state index in [1.54, 1.807) is 18.2 Å². The lowest BCUT2D eigenvalue weighted by molar-refractivity contribution is -0.153. The summed E-state index contributed by atoms with van der Waals surface area (Å²) >= 11 is 0. The highest BCUT2D eigenvalue weighted by molar-refractivity contribution is 5.87. The van der Waals surface area contributed by atoms with Crippen LogP contribution in [-0.2, 0) is 20.5 Å². The van der Waals surface area contributed by atoms with Crippen molar-refractivity contribution in [3.05, 3.63) is 83.9 Å². The minimum absolute atomic E-state index is 0.268. The molecule has 2 N–H and O–H groups in total. The fraction of sp³-hybridized carbons (Fsp3) is 0.130. The zero-order valence-electron chi connectivity index (χ0n) is 15.9. The number of carbonyl (C=O) groups excluding carboxylic acids is 2. The number of halogens is 3. The van der Waals surface area contributed by atoms with Gasteiger partial charge in [-0.05, 0) is 40.5 Å². The summed E-state index contributed by atoms with van der Waals surface area (Å²) < 4.78 is 44.8. The van der Waals surface area contributed by atoms with E-state index >= 15 is 0 Å². The number of esters is 1. The quantitative estimate of drug-likeness (QED) is 0.590. The molecule has 0 saturated heterocycles. The van der Waals surface area contributed by atoms with E-state index in [-0.39, 0.29) is 5.56 Å². The molecular formula is C23H18F3NO3. The van der Waals surface area contributed by atoms with Crippen LogP contribution in [0.5, 0.6) is 0 Å². The lowest BCUT2D eigenvalue weighted by atomic mass is 9.91. The molecule has 3 aromatic rings. The monoisotopic (exact) mass is 413 g/mol. The summed E-state index contributed by atoms with van der Waals surface area (Å²) in [5.41, 5.74) is 7.03. The van der Waals surface area contributed by atoms with Crippen molar-refractivity contribution >= 4 is 11.9 Å². The Kier molecular flexibility index (Phi) is 5.91. The van der Waals surface area contributed by atoms with E-state index in [4.69, 9.17) is 10.5 Å². The van der Waals surface area contributed by atoms with Crippen LogP contribution in [0, 0.1) is 0 Å². The van der Waals surface area contributed by atoms with Crippen LogP contribution >= 0.6 is 0 Å². The average molecular weight is 413 g/mol. The highest BCUT2D eigenvalue weighted by Crippen LogP contribution is 2.38. The van der Waals surface area contributed by atoms with Gasteiger partial charge in [-0.25, -0.2) is 0 Å². The average Bonchev–Trinajstić information content (AvgIpc) is 2.71. The first kappa shape index (κ1) is 21.1. The van der Waals surface area contributed by atoms with Gasteiger partial charge in [0, 0.05) is 12.5 Å². The molecule has 1 unspecified atom stereocenters. The summed E-state index contributed by atoms with van der Waals surface area (Å²) in [5, 5.41) is 0.